The monoisotopic (exact) mass is 676 g/mol. The van der Waals surface area contributed by atoms with Gasteiger partial charge in [-0.1, -0.05) is 54.6 Å². The molecule has 4 aromatic rings. The van der Waals surface area contributed by atoms with E-state index in [4.69, 9.17) is 34.2 Å². The number of methoxy groups -OCH3 is 2. The molecular weight excluding hydrogens is 632 g/mol. The van der Waals surface area contributed by atoms with E-state index >= 15 is 0 Å². The summed E-state index contributed by atoms with van der Waals surface area (Å²) in [5, 5.41) is 25.2. The van der Waals surface area contributed by atoms with Gasteiger partial charge in [-0.3, -0.25) is 4.57 Å². The fourth-order valence-corrected chi connectivity index (χ4v) is 5.74. The van der Waals surface area contributed by atoms with Crippen molar-refractivity contribution in [3.63, 3.8) is 0 Å². The Hall–Kier alpha value is -4.34. The zero-order valence-electron chi connectivity index (χ0n) is 27.6. The smallest absolute Gasteiger partial charge is 0.351 e. The van der Waals surface area contributed by atoms with Crippen LogP contribution in [0, 0.1) is 0 Å². The predicted octanol–water partition coefficient (Wildman–Crippen LogP) is 2.29. The molecule has 49 heavy (non-hydrogen) atoms. The fraction of sp³-hybridized carbons (Fsp3) is 0.389. The predicted molar refractivity (Wildman–Crippen MR) is 182 cm³/mol. The topological polar surface area (TPSA) is 169 Å². The van der Waals surface area contributed by atoms with Gasteiger partial charge in [0, 0.05) is 19.3 Å². The van der Waals surface area contributed by atoms with Gasteiger partial charge in [0.1, 0.15) is 41.2 Å². The van der Waals surface area contributed by atoms with Crippen LogP contribution in [0.5, 0.6) is 11.5 Å². The van der Waals surface area contributed by atoms with Crippen molar-refractivity contribution in [3.8, 4) is 11.5 Å². The SMILES string of the molecule is COc1ccc(C(OC[C@H]2O[C@@H](n3ccc(NCCOCCOCCN)nc3=O)C(O)C2O)(c2ccccc2)c2ccc(OC)cc2)cc1. The molecule has 262 valence electrons. The number of nitrogens with two attached hydrogens (primary N) is 1. The normalized spacial score (nSPS) is 19.1. The summed E-state index contributed by atoms with van der Waals surface area (Å²) >= 11 is 0. The molecular formula is C36H44N4O9. The Kier molecular flexibility index (Phi) is 12.7. The lowest BCUT2D eigenvalue weighted by atomic mass is 9.80. The Labute approximate surface area is 285 Å². The van der Waals surface area contributed by atoms with Crippen molar-refractivity contribution >= 4 is 5.82 Å². The van der Waals surface area contributed by atoms with Crippen LogP contribution in [-0.4, -0.2) is 98.4 Å². The molecule has 3 aromatic carbocycles. The number of hydrogen-bond acceptors (Lipinski definition) is 12. The number of ether oxygens (including phenoxy) is 6. The summed E-state index contributed by atoms with van der Waals surface area (Å²) < 4.78 is 35.7. The molecule has 5 rings (SSSR count). The standard InChI is InChI=1S/C36H44N4O9/c1-44-28-12-8-26(9-13-28)36(25-6-4-3-5-7-25,27-10-14-29(45-2)15-11-27)48-24-30-32(41)33(42)34(49-30)40-19-16-31(39-35(40)43)38-18-21-47-23-22-46-20-17-37/h3-16,19,30,32-34,41-42H,17-18,20-24,37H2,1-2H3,(H,38,39,43)/t30-,32?,33?,34-/m1/s1. The summed E-state index contributed by atoms with van der Waals surface area (Å²) in [4.78, 5) is 17.1. The molecule has 1 fully saturated rings. The average molecular weight is 677 g/mol. The minimum absolute atomic E-state index is 0.138. The van der Waals surface area contributed by atoms with Crippen LogP contribution in [-0.2, 0) is 24.5 Å². The molecule has 0 aliphatic carbocycles. The maximum atomic E-state index is 13.0. The van der Waals surface area contributed by atoms with Crippen LogP contribution >= 0.6 is 0 Å². The van der Waals surface area contributed by atoms with E-state index in [1.54, 1.807) is 20.3 Å². The van der Waals surface area contributed by atoms with Gasteiger partial charge in [0.2, 0.25) is 0 Å². The number of aromatic nitrogens is 2. The van der Waals surface area contributed by atoms with Crippen LogP contribution in [0.25, 0.3) is 0 Å². The molecule has 4 atom stereocenters. The van der Waals surface area contributed by atoms with Crippen molar-refractivity contribution < 1.29 is 38.6 Å². The van der Waals surface area contributed by atoms with Gasteiger partial charge in [-0.25, -0.2) is 4.79 Å². The molecule has 1 aliphatic heterocycles. The van der Waals surface area contributed by atoms with Crippen LogP contribution in [0.4, 0.5) is 5.82 Å². The van der Waals surface area contributed by atoms with Gasteiger partial charge >= 0.3 is 5.69 Å². The summed E-state index contributed by atoms with van der Waals surface area (Å²) in [5.41, 5.74) is 5.97. The van der Waals surface area contributed by atoms with Crippen molar-refractivity contribution in [2.45, 2.75) is 30.1 Å². The number of aliphatic hydroxyl groups excluding tert-OH is 2. The second-order valence-corrected chi connectivity index (χ2v) is 11.3. The first-order valence-electron chi connectivity index (χ1n) is 16.1. The van der Waals surface area contributed by atoms with Crippen molar-refractivity contribution in [1.29, 1.82) is 0 Å². The lowest BCUT2D eigenvalue weighted by Crippen LogP contribution is -2.39. The molecule has 0 spiro atoms. The molecule has 1 aromatic heterocycles. The van der Waals surface area contributed by atoms with Gasteiger partial charge in [0.25, 0.3) is 0 Å². The fourth-order valence-electron chi connectivity index (χ4n) is 5.74. The molecule has 1 saturated heterocycles. The van der Waals surface area contributed by atoms with Gasteiger partial charge in [-0.15, -0.1) is 0 Å². The Bertz CT molecular complexity index is 1590. The van der Waals surface area contributed by atoms with Gasteiger partial charge in [-0.05, 0) is 47.0 Å². The maximum Gasteiger partial charge on any atom is 0.351 e. The number of nitrogens with zero attached hydrogens (tertiary/aromatic N) is 2. The molecule has 13 heteroatoms. The number of benzene rings is 3. The largest absolute Gasteiger partial charge is 0.497 e. The number of anilines is 1. The van der Waals surface area contributed by atoms with Gasteiger partial charge in [0.05, 0.1) is 47.3 Å². The van der Waals surface area contributed by atoms with E-state index in [0.717, 1.165) is 21.3 Å². The molecule has 5 N–H and O–H groups in total. The molecule has 13 nitrogen and oxygen atoms in total. The van der Waals surface area contributed by atoms with Crippen LogP contribution in [0.2, 0.25) is 0 Å². The van der Waals surface area contributed by atoms with Crippen molar-refractivity contribution in [2.24, 2.45) is 5.73 Å². The Morgan fingerprint density at radius 3 is 1.98 bits per heavy atom. The zero-order chi connectivity index (χ0) is 34.6. The van der Waals surface area contributed by atoms with Crippen LogP contribution < -0.4 is 26.2 Å². The maximum absolute atomic E-state index is 13.0. The molecule has 0 amide bonds. The van der Waals surface area contributed by atoms with E-state index in [9.17, 15) is 15.0 Å². The molecule has 2 heterocycles. The van der Waals surface area contributed by atoms with E-state index < -0.39 is 35.8 Å². The number of aliphatic hydroxyl groups is 2. The second-order valence-electron chi connectivity index (χ2n) is 11.3. The Morgan fingerprint density at radius 2 is 1.41 bits per heavy atom. The van der Waals surface area contributed by atoms with Gasteiger partial charge in [0.15, 0.2) is 6.23 Å². The third-order valence-electron chi connectivity index (χ3n) is 8.27. The molecule has 0 saturated carbocycles. The van der Waals surface area contributed by atoms with Gasteiger partial charge < -0.3 is 49.7 Å². The summed E-state index contributed by atoms with van der Waals surface area (Å²) in [6, 6.07) is 26.4. The van der Waals surface area contributed by atoms with Crippen molar-refractivity contribution in [2.75, 3.05) is 65.7 Å². The van der Waals surface area contributed by atoms with E-state index in [0.29, 0.717) is 56.8 Å². The minimum Gasteiger partial charge on any atom is -0.497 e. The third-order valence-corrected chi connectivity index (χ3v) is 8.27. The van der Waals surface area contributed by atoms with Crippen molar-refractivity contribution in [3.05, 3.63) is 118 Å². The summed E-state index contributed by atoms with van der Waals surface area (Å²) in [7, 11) is 3.20. The summed E-state index contributed by atoms with van der Waals surface area (Å²) in [6.07, 6.45) is -3.50. The second kappa shape index (κ2) is 17.4. The quantitative estimate of drug-likeness (QED) is 0.0898. The number of rotatable bonds is 18. The zero-order valence-corrected chi connectivity index (χ0v) is 27.6. The molecule has 1 aliphatic rings. The van der Waals surface area contributed by atoms with E-state index in [-0.39, 0.29) is 6.61 Å². The third kappa shape index (κ3) is 8.46. The first-order chi connectivity index (χ1) is 23.9. The highest BCUT2D eigenvalue weighted by Crippen LogP contribution is 2.42. The first-order valence-corrected chi connectivity index (χ1v) is 16.1. The van der Waals surface area contributed by atoms with Crippen LogP contribution in [0.3, 0.4) is 0 Å². The molecule has 0 radical (unpaired) electrons. The molecule has 2 unspecified atom stereocenters. The Balaban J connectivity index is 1.34. The average Bonchev–Trinajstić information content (AvgIpc) is 3.42. The summed E-state index contributed by atoms with van der Waals surface area (Å²) in [5.74, 6) is 1.70. The summed E-state index contributed by atoms with van der Waals surface area (Å²) in [6.45, 7) is 2.47. The van der Waals surface area contributed by atoms with Crippen molar-refractivity contribution in [1.82, 2.24) is 9.55 Å². The van der Waals surface area contributed by atoms with E-state index in [2.05, 4.69) is 10.3 Å². The van der Waals surface area contributed by atoms with E-state index in [1.165, 1.54) is 6.20 Å². The highest BCUT2D eigenvalue weighted by atomic mass is 16.6. The van der Waals surface area contributed by atoms with Crippen LogP contribution in [0.1, 0.15) is 22.9 Å². The van der Waals surface area contributed by atoms with Crippen LogP contribution in [0.15, 0.2) is 95.9 Å². The van der Waals surface area contributed by atoms with Gasteiger partial charge in [-0.2, -0.15) is 4.98 Å². The number of nitrogens with one attached hydrogen (secondary N) is 1. The van der Waals surface area contributed by atoms with E-state index in [1.807, 2.05) is 78.9 Å². The lowest BCUT2D eigenvalue weighted by molar-refractivity contribution is -0.0958. The Morgan fingerprint density at radius 1 is 0.816 bits per heavy atom. The first kappa shape index (κ1) is 36.0. The lowest BCUT2D eigenvalue weighted by Gasteiger charge is -2.37. The highest BCUT2D eigenvalue weighted by Gasteiger charge is 2.46. The highest BCUT2D eigenvalue weighted by molar-refractivity contribution is 5.49. The molecule has 0 bridgehead atoms. The number of hydrogen-bond donors (Lipinski definition) is 4. The minimum atomic E-state index is -1.42.